The predicted molar refractivity (Wildman–Crippen MR) is 70.2 cm³/mol. The van der Waals surface area contributed by atoms with Gasteiger partial charge in [-0.15, -0.1) is 0 Å². The van der Waals surface area contributed by atoms with Crippen LogP contribution in [0.15, 0.2) is 33.6 Å². The van der Waals surface area contributed by atoms with Crippen molar-refractivity contribution in [2.24, 2.45) is 0 Å². The summed E-state index contributed by atoms with van der Waals surface area (Å²) in [5, 5.41) is 0. The van der Waals surface area contributed by atoms with E-state index in [4.69, 9.17) is 0 Å². The lowest BCUT2D eigenvalue weighted by molar-refractivity contribution is 0.478. The van der Waals surface area contributed by atoms with Crippen LogP contribution in [0.2, 0.25) is 0 Å². The Balaban J connectivity index is 2.36. The molecule has 1 aliphatic rings. The molecule has 88 valence electrons. The van der Waals surface area contributed by atoms with Crippen LogP contribution in [0.3, 0.4) is 0 Å². The second kappa shape index (κ2) is 4.76. The third-order valence-corrected chi connectivity index (χ3v) is 6.17. The molecule has 1 heterocycles. The van der Waals surface area contributed by atoms with Crippen molar-refractivity contribution >= 4 is 41.9 Å². The first kappa shape index (κ1) is 12.5. The Morgan fingerprint density at radius 2 is 2.00 bits per heavy atom. The van der Waals surface area contributed by atoms with E-state index in [0.29, 0.717) is 22.5 Å². The number of benzene rings is 1. The molecule has 2 rings (SSSR count). The first-order valence-electron chi connectivity index (χ1n) is 4.90. The molecular weight excluding hydrogens is 358 g/mol. The molecule has 1 fully saturated rings. The van der Waals surface area contributed by atoms with Crippen molar-refractivity contribution in [2.45, 2.75) is 16.1 Å². The van der Waals surface area contributed by atoms with Crippen molar-refractivity contribution in [1.29, 1.82) is 0 Å². The zero-order valence-electron chi connectivity index (χ0n) is 8.44. The van der Waals surface area contributed by atoms with Crippen molar-refractivity contribution in [3.8, 4) is 0 Å². The van der Waals surface area contributed by atoms with Gasteiger partial charge in [0.1, 0.15) is 0 Å². The summed E-state index contributed by atoms with van der Waals surface area (Å²) in [5.74, 6) is 0. The van der Waals surface area contributed by atoms with Gasteiger partial charge in [0.05, 0.1) is 4.90 Å². The second-order valence-corrected chi connectivity index (χ2v) is 7.74. The molecule has 0 aromatic heterocycles. The van der Waals surface area contributed by atoms with Crippen LogP contribution < -0.4 is 0 Å². The lowest BCUT2D eigenvalue weighted by atomic mass is 10.4. The van der Waals surface area contributed by atoms with Gasteiger partial charge in [-0.1, -0.05) is 28.1 Å². The van der Waals surface area contributed by atoms with Crippen LogP contribution in [0.1, 0.15) is 6.42 Å². The lowest BCUT2D eigenvalue weighted by Gasteiger charge is -2.16. The Kier molecular flexibility index (Phi) is 3.73. The molecule has 0 spiro atoms. The fraction of sp³-hybridized carbons (Fsp3) is 0.400. The van der Waals surface area contributed by atoms with Gasteiger partial charge in [0, 0.05) is 22.4 Å². The van der Waals surface area contributed by atoms with Crippen LogP contribution >= 0.6 is 31.9 Å². The molecule has 6 heteroatoms. The number of rotatable bonds is 2. The molecule has 0 amide bonds. The SMILES string of the molecule is O=S(=O)(c1ccccc1Br)N1CCC(Br)C1. The van der Waals surface area contributed by atoms with Gasteiger partial charge in [0.25, 0.3) is 0 Å². The Morgan fingerprint density at radius 1 is 1.31 bits per heavy atom. The lowest BCUT2D eigenvalue weighted by Crippen LogP contribution is -2.29. The largest absolute Gasteiger partial charge is 0.244 e. The molecule has 0 saturated carbocycles. The molecular formula is C10H11Br2NO2S. The molecule has 1 aromatic rings. The van der Waals surface area contributed by atoms with Gasteiger partial charge in [0.15, 0.2) is 0 Å². The van der Waals surface area contributed by atoms with Gasteiger partial charge in [-0.3, -0.25) is 0 Å². The van der Waals surface area contributed by atoms with Crippen molar-refractivity contribution in [3.63, 3.8) is 0 Å². The highest BCUT2D eigenvalue weighted by Crippen LogP contribution is 2.28. The predicted octanol–water partition coefficient (Wildman–Crippen LogP) is 2.61. The normalized spacial score (nSPS) is 22.5. The average molecular weight is 369 g/mol. The van der Waals surface area contributed by atoms with E-state index < -0.39 is 10.0 Å². The van der Waals surface area contributed by atoms with Gasteiger partial charge in [-0.2, -0.15) is 4.31 Å². The number of alkyl halides is 1. The minimum absolute atomic E-state index is 0.268. The maximum Gasteiger partial charge on any atom is 0.244 e. The van der Waals surface area contributed by atoms with E-state index in [9.17, 15) is 8.42 Å². The summed E-state index contributed by atoms with van der Waals surface area (Å²) >= 11 is 6.72. The van der Waals surface area contributed by atoms with Crippen LogP contribution in [-0.4, -0.2) is 30.6 Å². The van der Waals surface area contributed by atoms with E-state index in [1.807, 2.05) is 0 Å². The molecule has 0 aliphatic carbocycles. The quantitative estimate of drug-likeness (QED) is 0.752. The number of hydrogen-bond acceptors (Lipinski definition) is 2. The van der Waals surface area contributed by atoms with Crippen LogP contribution in [0.5, 0.6) is 0 Å². The summed E-state index contributed by atoms with van der Waals surface area (Å²) in [4.78, 5) is 0.612. The third-order valence-electron chi connectivity index (χ3n) is 2.55. The van der Waals surface area contributed by atoms with Gasteiger partial charge >= 0.3 is 0 Å². The summed E-state index contributed by atoms with van der Waals surface area (Å²) in [6.45, 7) is 1.13. The summed E-state index contributed by atoms with van der Waals surface area (Å²) in [5.41, 5.74) is 0. The Hall–Kier alpha value is 0.0900. The van der Waals surface area contributed by atoms with Crippen LogP contribution in [-0.2, 0) is 10.0 Å². The van der Waals surface area contributed by atoms with Crippen molar-refractivity contribution in [1.82, 2.24) is 4.31 Å². The van der Waals surface area contributed by atoms with Crippen LogP contribution in [0.4, 0.5) is 0 Å². The zero-order valence-corrected chi connectivity index (χ0v) is 12.4. The average Bonchev–Trinajstić information content (AvgIpc) is 2.66. The van der Waals surface area contributed by atoms with Crippen molar-refractivity contribution in [3.05, 3.63) is 28.7 Å². The Labute approximate surface area is 112 Å². The fourth-order valence-corrected chi connectivity index (χ4v) is 4.91. The highest BCUT2D eigenvalue weighted by atomic mass is 79.9. The molecule has 1 aliphatic heterocycles. The second-order valence-electron chi connectivity index (χ2n) is 3.68. The van der Waals surface area contributed by atoms with Gasteiger partial charge in [-0.05, 0) is 34.5 Å². The molecule has 3 nitrogen and oxygen atoms in total. The maximum atomic E-state index is 12.3. The van der Waals surface area contributed by atoms with Gasteiger partial charge in [0.2, 0.25) is 10.0 Å². The van der Waals surface area contributed by atoms with E-state index in [0.717, 1.165) is 6.42 Å². The van der Waals surface area contributed by atoms with Gasteiger partial charge in [-0.25, -0.2) is 8.42 Å². The molecule has 0 radical (unpaired) electrons. The number of sulfonamides is 1. The van der Waals surface area contributed by atoms with Crippen molar-refractivity contribution < 1.29 is 8.42 Å². The van der Waals surface area contributed by atoms with Crippen LogP contribution in [0, 0.1) is 0 Å². The van der Waals surface area contributed by atoms with E-state index in [2.05, 4.69) is 31.9 Å². The van der Waals surface area contributed by atoms with E-state index in [-0.39, 0.29) is 4.83 Å². The standard InChI is InChI=1S/C10H11Br2NO2S/c11-8-5-6-13(7-8)16(14,15)10-4-2-1-3-9(10)12/h1-4,8H,5-7H2. The molecule has 16 heavy (non-hydrogen) atoms. The van der Waals surface area contributed by atoms with Gasteiger partial charge < -0.3 is 0 Å². The van der Waals surface area contributed by atoms with E-state index in [1.165, 1.54) is 4.31 Å². The molecule has 0 N–H and O–H groups in total. The first-order chi connectivity index (χ1) is 7.51. The summed E-state index contributed by atoms with van der Waals surface area (Å²) in [6, 6.07) is 6.91. The monoisotopic (exact) mass is 367 g/mol. The zero-order chi connectivity index (χ0) is 11.8. The van der Waals surface area contributed by atoms with E-state index in [1.54, 1.807) is 24.3 Å². The summed E-state index contributed by atoms with van der Waals surface area (Å²) in [6.07, 6.45) is 0.865. The highest BCUT2D eigenvalue weighted by molar-refractivity contribution is 9.10. The van der Waals surface area contributed by atoms with Crippen molar-refractivity contribution in [2.75, 3.05) is 13.1 Å². The minimum atomic E-state index is -3.35. The number of hydrogen-bond donors (Lipinski definition) is 0. The number of nitrogens with zero attached hydrogens (tertiary/aromatic N) is 1. The summed E-state index contributed by atoms with van der Waals surface area (Å²) in [7, 11) is -3.35. The smallest absolute Gasteiger partial charge is 0.207 e. The Bertz CT molecular complexity index is 489. The molecule has 0 bridgehead atoms. The van der Waals surface area contributed by atoms with Crippen LogP contribution in [0.25, 0.3) is 0 Å². The fourth-order valence-electron chi connectivity index (χ4n) is 1.70. The number of halogens is 2. The van der Waals surface area contributed by atoms with E-state index >= 15 is 0 Å². The minimum Gasteiger partial charge on any atom is -0.207 e. The topological polar surface area (TPSA) is 37.4 Å². The molecule has 1 saturated heterocycles. The maximum absolute atomic E-state index is 12.3. The highest BCUT2D eigenvalue weighted by Gasteiger charge is 2.32. The Morgan fingerprint density at radius 3 is 2.56 bits per heavy atom. The first-order valence-corrected chi connectivity index (χ1v) is 8.05. The third kappa shape index (κ3) is 2.34. The molecule has 1 atom stereocenters. The molecule has 1 aromatic carbocycles. The summed E-state index contributed by atoms with van der Waals surface area (Å²) < 4.78 is 26.7. The molecule has 1 unspecified atom stereocenters.